The van der Waals surface area contributed by atoms with Crippen LogP contribution in [0.3, 0.4) is 0 Å². The van der Waals surface area contributed by atoms with Crippen LogP contribution in [-0.2, 0) is 9.59 Å². The van der Waals surface area contributed by atoms with Gasteiger partial charge in [0.25, 0.3) is 0 Å². The van der Waals surface area contributed by atoms with Crippen LogP contribution in [0.2, 0.25) is 0 Å². The van der Waals surface area contributed by atoms with Crippen molar-refractivity contribution >= 4 is 12.2 Å². The Balaban J connectivity index is 4.30. The molecule has 0 aromatic heterocycles. The molecule has 1 amide bonds. The summed E-state index contributed by atoms with van der Waals surface area (Å²) in [6.07, 6.45) is 3.11. The van der Waals surface area contributed by atoms with Gasteiger partial charge in [-0.25, -0.2) is 0 Å². The van der Waals surface area contributed by atoms with E-state index < -0.39 is 5.41 Å². The van der Waals surface area contributed by atoms with Gasteiger partial charge in [-0.3, -0.25) is 4.79 Å². The second-order valence-corrected chi connectivity index (χ2v) is 4.66. The van der Waals surface area contributed by atoms with Gasteiger partial charge in [0.1, 0.15) is 6.29 Å². The number of rotatable bonds is 7. The highest BCUT2D eigenvalue weighted by Crippen LogP contribution is 2.18. The van der Waals surface area contributed by atoms with Gasteiger partial charge in [0.15, 0.2) is 0 Å². The third-order valence-corrected chi connectivity index (χ3v) is 2.27. The zero-order valence-corrected chi connectivity index (χ0v) is 10.4. The summed E-state index contributed by atoms with van der Waals surface area (Å²) in [6, 6.07) is 0. The highest BCUT2D eigenvalue weighted by atomic mass is 16.2. The third kappa shape index (κ3) is 5.55. The van der Waals surface area contributed by atoms with Crippen molar-refractivity contribution in [1.29, 1.82) is 0 Å². The van der Waals surface area contributed by atoms with Crippen molar-refractivity contribution in [2.45, 2.75) is 47.0 Å². The molecule has 0 atom stereocenters. The van der Waals surface area contributed by atoms with Crippen LogP contribution in [-0.4, -0.2) is 30.2 Å². The van der Waals surface area contributed by atoms with Gasteiger partial charge < -0.3 is 9.69 Å². The van der Waals surface area contributed by atoms with E-state index in [4.69, 9.17) is 0 Å². The lowest BCUT2D eigenvalue weighted by atomic mass is 9.91. The molecule has 0 aliphatic carbocycles. The molecule has 0 N–H and O–H groups in total. The van der Waals surface area contributed by atoms with Crippen LogP contribution in [0.25, 0.3) is 0 Å². The Labute approximate surface area is 92.8 Å². The summed E-state index contributed by atoms with van der Waals surface area (Å²) < 4.78 is 0. The van der Waals surface area contributed by atoms with Gasteiger partial charge in [-0.2, -0.15) is 0 Å². The van der Waals surface area contributed by atoms with E-state index in [0.717, 1.165) is 32.2 Å². The monoisotopic (exact) mass is 213 g/mol. The predicted molar refractivity (Wildman–Crippen MR) is 61.6 cm³/mol. The van der Waals surface area contributed by atoms with Crippen LogP contribution in [0.1, 0.15) is 47.0 Å². The van der Waals surface area contributed by atoms with E-state index in [1.165, 1.54) is 0 Å². The summed E-state index contributed by atoms with van der Waals surface area (Å²) in [4.78, 5) is 24.4. The first kappa shape index (κ1) is 14.1. The number of carbonyl (C=O) groups is 2. The van der Waals surface area contributed by atoms with Crippen molar-refractivity contribution in [3.8, 4) is 0 Å². The molecule has 0 fully saturated rings. The molecule has 0 saturated heterocycles. The van der Waals surface area contributed by atoms with Crippen molar-refractivity contribution in [3.05, 3.63) is 0 Å². The zero-order chi connectivity index (χ0) is 11.9. The number of hydrogen-bond donors (Lipinski definition) is 0. The lowest BCUT2D eigenvalue weighted by Crippen LogP contribution is -2.35. The second-order valence-electron chi connectivity index (χ2n) is 4.66. The van der Waals surface area contributed by atoms with E-state index in [1.807, 2.05) is 4.90 Å². The topological polar surface area (TPSA) is 37.4 Å². The molecule has 0 heterocycles. The summed E-state index contributed by atoms with van der Waals surface area (Å²) in [5, 5.41) is 0. The molecule has 0 aliphatic heterocycles. The Morgan fingerprint density at radius 2 is 1.67 bits per heavy atom. The van der Waals surface area contributed by atoms with Gasteiger partial charge in [0.05, 0.1) is 0 Å². The van der Waals surface area contributed by atoms with Gasteiger partial charge in [0, 0.05) is 24.9 Å². The number of carbonyl (C=O) groups excluding carboxylic acids is 2. The highest BCUT2D eigenvalue weighted by Gasteiger charge is 2.23. The Kier molecular flexibility index (Phi) is 6.21. The maximum absolute atomic E-state index is 11.9. The largest absolute Gasteiger partial charge is 0.343 e. The Bertz CT molecular complexity index is 206. The average molecular weight is 213 g/mol. The SMILES string of the molecule is CCCN(CCC)C(=O)CC(C)(C)C=O. The minimum Gasteiger partial charge on any atom is -0.343 e. The zero-order valence-electron chi connectivity index (χ0n) is 10.4. The summed E-state index contributed by atoms with van der Waals surface area (Å²) in [5.74, 6) is 0.0933. The first-order valence-electron chi connectivity index (χ1n) is 5.71. The fraction of sp³-hybridized carbons (Fsp3) is 0.833. The molecule has 3 nitrogen and oxygen atoms in total. The van der Waals surface area contributed by atoms with Crippen LogP contribution >= 0.6 is 0 Å². The standard InChI is InChI=1S/C12H23NO2/c1-5-7-13(8-6-2)11(15)9-12(3,4)10-14/h10H,5-9H2,1-4H3. The number of nitrogens with zero attached hydrogens (tertiary/aromatic N) is 1. The lowest BCUT2D eigenvalue weighted by molar-refractivity contribution is -0.135. The van der Waals surface area contributed by atoms with Crippen molar-refractivity contribution in [2.75, 3.05) is 13.1 Å². The first-order chi connectivity index (χ1) is 6.96. The average Bonchev–Trinajstić information content (AvgIpc) is 2.17. The number of amides is 1. The van der Waals surface area contributed by atoms with Crippen molar-refractivity contribution < 1.29 is 9.59 Å². The summed E-state index contributed by atoms with van der Waals surface area (Å²) >= 11 is 0. The smallest absolute Gasteiger partial charge is 0.223 e. The fourth-order valence-corrected chi connectivity index (χ4v) is 1.44. The van der Waals surface area contributed by atoms with E-state index in [1.54, 1.807) is 13.8 Å². The maximum atomic E-state index is 11.9. The molecule has 0 saturated carbocycles. The summed E-state index contributed by atoms with van der Waals surface area (Å²) in [6.45, 7) is 9.30. The molecule has 0 aliphatic rings. The number of hydrogen-bond acceptors (Lipinski definition) is 2. The van der Waals surface area contributed by atoms with Gasteiger partial charge >= 0.3 is 0 Å². The molecule has 0 unspecified atom stereocenters. The van der Waals surface area contributed by atoms with E-state index in [-0.39, 0.29) is 5.91 Å². The molecule has 0 rings (SSSR count). The van der Waals surface area contributed by atoms with E-state index in [9.17, 15) is 9.59 Å². The molecular weight excluding hydrogens is 190 g/mol. The lowest BCUT2D eigenvalue weighted by Gasteiger charge is -2.25. The Morgan fingerprint density at radius 1 is 1.20 bits per heavy atom. The maximum Gasteiger partial charge on any atom is 0.223 e. The molecule has 0 spiro atoms. The summed E-state index contributed by atoms with van der Waals surface area (Å²) in [5.41, 5.74) is -0.531. The van der Waals surface area contributed by atoms with Gasteiger partial charge in [-0.15, -0.1) is 0 Å². The van der Waals surface area contributed by atoms with Gasteiger partial charge in [-0.1, -0.05) is 27.7 Å². The third-order valence-electron chi connectivity index (χ3n) is 2.27. The Morgan fingerprint density at radius 3 is 2.00 bits per heavy atom. The predicted octanol–water partition coefficient (Wildman–Crippen LogP) is 2.25. The minimum atomic E-state index is -0.531. The molecule has 0 aromatic rings. The van der Waals surface area contributed by atoms with E-state index in [0.29, 0.717) is 6.42 Å². The van der Waals surface area contributed by atoms with Crippen molar-refractivity contribution in [1.82, 2.24) is 4.90 Å². The number of aldehydes is 1. The van der Waals surface area contributed by atoms with Crippen LogP contribution in [0.5, 0.6) is 0 Å². The van der Waals surface area contributed by atoms with Crippen LogP contribution in [0.15, 0.2) is 0 Å². The minimum absolute atomic E-state index is 0.0933. The van der Waals surface area contributed by atoms with Crippen LogP contribution in [0, 0.1) is 5.41 Å². The molecule has 0 aromatic carbocycles. The molecule has 3 heteroatoms. The fourth-order valence-electron chi connectivity index (χ4n) is 1.44. The van der Waals surface area contributed by atoms with Crippen molar-refractivity contribution in [3.63, 3.8) is 0 Å². The van der Waals surface area contributed by atoms with E-state index in [2.05, 4.69) is 13.8 Å². The highest BCUT2D eigenvalue weighted by molar-refractivity contribution is 5.80. The van der Waals surface area contributed by atoms with Crippen LogP contribution in [0.4, 0.5) is 0 Å². The first-order valence-corrected chi connectivity index (χ1v) is 5.71. The quantitative estimate of drug-likeness (QED) is 0.608. The molecule has 88 valence electrons. The normalized spacial score (nSPS) is 11.2. The van der Waals surface area contributed by atoms with Gasteiger partial charge in [0.2, 0.25) is 5.91 Å². The van der Waals surface area contributed by atoms with Gasteiger partial charge in [-0.05, 0) is 12.8 Å². The van der Waals surface area contributed by atoms with E-state index >= 15 is 0 Å². The molecule has 0 radical (unpaired) electrons. The van der Waals surface area contributed by atoms with Crippen LogP contribution < -0.4 is 0 Å². The van der Waals surface area contributed by atoms with Crippen molar-refractivity contribution in [2.24, 2.45) is 5.41 Å². The summed E-state index contributed by atoms with van der Waals surface area (Å²) in [7, 11) is 0. The molecular formula is C12H23NO2. The molecule has 0 bridgehead atoms. The molecule has 15 heavy (non-hydrogen) atoms. The second kappa shape index (κ2) is 6.59. The Hall–Kier alpha value is -0.860.